The summed E-state index contributed by atoms with van der Waals surface area (Å²) < 4.78 is 57.2. The lowest BCUT2D eigenvalue weighted by molar-refractivity contribution is -0.137. The molecule has 2 aliphatic rings. The molecular formula is C28H28F3N3O5S. The van der Waals surface area contributed by atoms with E-state index in [2.05, 4.69) is 5.32 Å². The van der Waals surface area contributed by atoms with E-state index >= 15 is 0 Å². The van der Waals surface area contributed by atoms with Crippen molar-refractivity contribution >= 4 is 29.0 Å². The fourth-order valence-corrected chi connectivity index (χ4v) is 5.35. The second kappa shape index (κ2) is 12.2. The van der Waals surface area contributed by atoms with Gasteiger partial charge in [-0.25, -0.2) is 4.79 Å². The zero-order valence-corrected chi connectivity index (χ0v) is 22.3. The lowest BCUT2D eigenvalue weighted by atomic mass is 10.1. The number of ether oxygens (including phenoxy) is 3. The van der Waals surface area contributed by atoms with Gasteiger partial charge in [0.15, 0.2) is 11.5 Å². The van der Waals surface area contributed by atoms with Crippen LogP contribution in [0.1, 0.15) is 28.8 Å². The van der Waals surface area contributed by atoms with Crippen LogP contribution >= 0.6 is 11.3 Å². The molecule has 1 unspecified atom stereocenters. The first-order chi connectivity index (χ1) is 19.3. The number of anilines is 1. The van der Waals surface area contributed by atoms with Crippen LogP contribution in [0.15, 0.2) is 60.0 Å². The molecule has 2 aromatic carbocycles. The van der Waals surface area contributed by atoms with E-state index in [4.69, 9.17) is 14.2 Å². The Morgan fingerprint density at radius 3 is 2.58 bits per heavy atom. The van der Waals surface area contributed by atoms with Crippen LogP contribution in [0.2, 0.25) is 0 Å². The minimum Gasteiger partial charge on any atom is -0.454 e. The van der Waals surface area contributed by atoms with E-state index < -0.39 is 17.8 Å². The van der Waals surface area contributed by atoms with Crippen LogP contribution in [0.3, 0.4) is 0 Å². The number of halogens is 3. The number of nitrogens with one attached hydrogen (secondary N) is 1. The Balaban J connectivity index is 1.36. The maximum absolute atomic E-state index is 13.7. The van der Waals surface area contributed by atoms with Crippen molar-refractivity contribution in [2.45, 2.75) is 38.2 Å². The molecule has 1 aromatic heterocycles. The van der Waals surface area contributed by atoms with E-state index in [1.165, 1.54) is 34.4 Å². The number of hydrogen-bond acceptors (Lipinski definition) is 6. The normalized spacial score (nSPS) is 16.1. The van der Waals surface area contributed by atoms with Gasteiger partial charge in [-0.3, -0.25) is 4.79 Å². The van der Waals surface area contributed by atoms with Gasteiger partial charge < -0.3 is 29.3 Å². The molecule has 1 saturated heterocycles. The van der Waals surface area contributed by atoms with Crippen molar-refractivity contribution < 1.29 is 37.0 Å². The molecule has 1 N–H and O–H groups in total. The first-order valence-corrected chi connectivity index (χ1v) is 13.7. The summed E-state index contributed by atoms with van der Waals surface area (Å²) >= 11 is 1.50. The molecule has 8 nitrogen and oxygen atoms in total. The lowest BCUT2D eigenvalue weighted by Gasteiger charge is -2.29. The number of carbonyl (C=O) groups excluding carboxylic acids is 2. The Morgan fingerprint density at radius 1 is 1.00 bits per heavy atom. The number of hydrogen-bond donors (Lipinski definition) is 1. The maximum Gasteiger partial charge on any atom is 0.418 e. The molecule has 0 aliphatic carbocycles. The minimum atomic E-state index is -4.65. The summed E-state index contributed by atoms with van der Waals surface area (Å²) in [6.07, 6.45) is -3.47. The Labute approximate surface area is 233 Å². The van der Waals surface area contributed by atoms with E-state index in [1.54, 1.807) is 11.0 Å². The number of urea groups is 1. The third-order valence-electron chi connectivity index (χ3n) is 6.63. The van der Waals surface area contributed by atoms with Crippen LogP contribution in [0, 0.1) is 0 Å². The Bertz CT molecular complexity index is 1330. The number of rotatable bonds is 9. The summed E-state index contributed by atoms with van der Waals surface area (Å²) in [4.78, 5) is 30.8. The SMILES string of the molecule is O=C(CN(CC1CCCO1)C(=O)Nc1ccccc1C(F)(F)F)N(Cc1ccc2c(c1)OCO2)Cc1cccs1. The van der Waals surface area contributed by atoms with Crippen molar-refractivity contribution in [2.24, 2.45) is 0 Å². The molecule has 212 valence electrons. The average molecular weight is 576 g/mol. The molecule has 0 radical (unpaired) electrons. The Kier molecular flexibility index (Phi) is 8.46. The quantitative estimate of drug-likeness (QED) is 0.352. The molecule has 40 heavy (non-hydrogen) atoms. The van der Waals surface area contributed by atoms with Crippen molar-refractivity contribution in [3.05, 3.63) is 76.0 Å². The average Bonchev–Trinajstić information content (AvgIpc) is 3.71. The van der Waals surface area contributed by atoms with Gasteiger partial charge in [-0.1, -0.05) is 24.3 Å². The first kappa shape index (κ1) is 27.8. The van der Waals surface area contributed by atoms with Gasteiger partial charge in [0.05, 0.1) is 23.9 Å². The predicted octanol–water partition coefficient (Wildman–Crippen LogP) is 5.74. The summed E-state index contributed by atoms with van der Waals surface area (Å²) in [6.45, 7) is 0.927. The minimum absolute atomic E-state index is 0.0720. The zero-order valence-electron chi connectivity index (χ0n) is 21.5. The molecule has 12 heteroatoms. The monoisotopic (exact) mass is 575 g/mol. The Morgan fingerprint density at radius 2 is 1.82 bits per heavy atom. The van der Waals surface area contributed by atoms with Crippen LogP contribution in [-0.2, 0) is 28.8 Å². The van der Waals surface area contributed by atoms with E-state index in [0.29, 0.717) is 31.1 Å². The summed E-state index contributed by atoms with van der Waals surface area (Å²) in [5.74, 6) is 0.852. The van der Waals surface area contributed by atoms with Crippen LogP contribution in [0.25, 0.3) is 0 Å². The van der Waals surface area contributed by atoms with Crippen molar-refractivity contribution in [1.29, 1.82) is 0 Å². The van der Waals surface area contributed by atoms with Crippen molar-refractivity contribution in [2.75, 3.05) is 31.8 Å². The van der Waals surface area contributed by atoms with Crippen molar-refractivity contribution in [1.82, 2.24) is 9.80 Å². The van der Waals surface area contributed by atoms with Gasteiger partial charge in [-0.15, -0.1) is 11.3 Å². The van der Waals surface area contributed by atoms with Gasteiger partial charge in [-0.05, 0) is 54.1 Å². The highest BCUT2D eigenvalue weighted by molar-refractivity contribution is 7.09. The molecular weight excluding hydrogens is 547 g/mol. The number of amides is 3. The highest BCUT2D eigenvalue weighted by atomic mass is 32.1. The van der Waals surface area contributed by atoms with Crippen LogP contribution in [0.5, 0.6) is 11.5 Å². The highest BCUT2D eigenvalue weighted by Gasteiger charge is 2.34. The zero-order chi connectivity index (χ0) is 28.1. The second-order valence-corrected chi connectivity index (χ2v) is 10.5. The van der Waals surface area contributed by atoms with Gasteiger partial charge >= 0.3 is 12.2 Å². The van der Waals surface area contributed by atoms with Crippen LogP contribution in [0.4, 0.5) is 23.7 Å². The standard InChI is InChI=1S/C28H28F3N3O5S/c29-28(30,31)22-7-1-2-8-23(22)32-27(36)34(15-20-5-3-11-37-20)17-26(35)33(16-21-6-4-12-40-21)14-19-9-10-24-25(13-19)39-18-38-24/h1-2,4,6-10,12-13,20H,3,5,11,14-18H2,(H,32,36). The van der Waals surface area contributed by atoms with E-state index in [0.717, 1.165) is 22.9 Å². The van der Waals surface area contributed by atoms with E-state index in [9.17, 15) is 22.8 Å². The summed E-state index contributed by atoms with van der Waals surface area (Å²) in [5.41, 5.74) is -0.530. The molecule has 0 bridgehead atoms. The van der Waals surface area contributed by atoms with Crippen molar-refractivity contribution in [3.63, 3.8) is 0 Å². The Hall–Kier alpha value is -3.77. The van der Waals surface area contributed by atoms with Gasteiger partial charge in [0, 0.05) is 24.6 Å². The van der Waals surface area contributed by atoms with Gasteiger partial charge in [-0.2, -0.15) is 13.2 Å². The fourth-order valence-electron chi connectivity index (χ4n) is 4.63. The summed E-state index contributed by atoms with van der Waals surface area (Å²) in [7, 11) is 0. The summed E-state index contributed by atoms with van der Waals surface area (Å²) in [6, 6.07) is 13.2. The van der Waals surface area contributed by atoms with Crippen LogP contribution < -0.4 is 14.8 Å². The molecule has 3 amide bonds. The van der Waals surface area contributed by atoms with Crippen LogP contribution in [-0.4, -0.2) is 54.3 Å². The molecule has 1 fully saturated rings. The molecule has 3 aromatic rings. The number of thiophene rings is 1. The number of benzene rings is 2. The number of para-hydroxylation sites is 1. The molecule has 5 rings (SSSR count). The largest absolute Gasteiger partial charge is 0.454 e. The van der Waals surface area contributed by atoms with E-state index in [-0.39, 0.29) is 44.1 Å². The molecule has 3 heterocycles. The number of fused-ring (bicyclic) bond motifs is 1. The molecule has 0 spiro atoms. The second-order valence-electron chi connectivity index (χ2n) is 9.51. The molecule has 1 atom stereocenters. The van der Waals surface area contributed by atoms with Gasteiger partial charge in [0.25, 0.3) is 0 Å². The third-order valence-corrected chi connectivity index (χ3v) is 7.49. The predicted molar refractivity (Wildman–Crippen MR) is 142 cm³/mol. The highest BCUT2D eigenvalue weighted by Crippen LogP contribution is 2.35. The van der Waals surface area contributed by atoms with E-state index in [1.807, 2.05) is 29.6 Å². The molecule has 2 aliphatic heterocycles. The first-order valence-electron chi connectivity index (χ1n) is 12.8. The number of nitrogens with zero attached hydrogens (tertiary/aromatic N) is 2. The van der Waals surface area contributed by atoms with Crippen molar-refractivity contribution in [3.8, 4) is 11.5 Å². The lowest BCUT2D eigenvalue weighted by Crippen LogP contribution is -2.47. The molecule has 0 saturated carbocycles. The smallest absolute Gasteiger partial charge is 0.418 e. The maximum atomic E-state index is 13.7. The topological polar surface area (TPSA) is 80.3 Å². The number of alkyl halides is 3. The summed E-state index contributed by atoms with van der Waals surface area (Å²) in [5, 5.41) is 4.28. The van der Waals surface area contributed by atoms with Gasteiger partial charge in [0.2, 0.25) is 12.7 Å². The third kappa shape index (κ3) is 6.86. The fraction of sp³-hybridized carbons (Fsp3) is 0.357. The number of carbonyl (C=O) groups is 2. The van der Waals surface area contributed by atoms with Gasteiger partial charge in [0.1, 0.15) is 6.54 Å².